The minimum Gasteiger partial charge on any atom is -0.354 e. The van der Waals surface area contributed by atoms with Crippen molar-refractivity contribution < 1.29 is 13.2 Å². The van der Waals surface area contributed by atoms with Crippen LogP contribution < -0.4 is 10.0 Å². The van der Waals surface area contributed by atoms with E-state index in [9.17, 15) is 13.2 Å². The van der Waals surface area contributed by atoms with Crippen LogP contribution in [0.1, 0.15) is 13.8 Å². The normalized spacial score (nSPS) is 13.9. The van der Waals surface area contributed by atoms with Gasteiger partial charge in [0.1, 0.15) is 0 Å². The molecule has 0 saturated carbocycles. The summed E-state index contributed by atoms with van der Waals surface area (Å²) >= 11 is 3.25. The number of alkyl halides is 1. The van der Waals surface area contributed by atoms with Gasteiger partial charge in [-0.1, -0.05) is 29.8 Å². The fourth-order valence-electron chi connectivity index (χ4n) is 0.822. The Bertz CT molecular complexity index is 303. The summed E-state index contributed by atoms with van der Waals surface area (Å²) in [4.78, 5) is 11.1. The Kier molecular flexibility index (Phi) is 6.38. The predicted molar refractivity (Wildman–Crippen MR) is 63.4 cm³/mol. The quantitative estimate of drug-likeness (QED) is 0.538. The molecule has 0 spiro atoms. The molecule has 1 amide bonds. The number of carbonyl (C=O) groups excluding carboxylic acids is 1. The van der Waals surface area contributed by atoms with Crippen LogP contribution in [0.5, 0.6) is 0 Å². The third kappa shape index (κ3) is 7.75. The lowest BCUT2D eigenvalue weighted by atomic mass is 10.1. The van der Waals surface area contributed by atoms with Gasteiger partial charge in [0.15, 0.2) is 0 Å². The minimum absolute atomic E-state index is 0.125. The fourth-order valence-corrected chi connectivity index (χ4v) is 1.46. The number of halogens is 1. The van der Waals surface area contributed by atoms with E-state index in [1.54, 1.807) is 0 Å². The monoisotopic (exact) mass is 300 g/mol. The van der Waals surface area contributed by atoms with Crippen molar-refractivity contribution in [3.63, 3.8) is 0 Å². The van der Waals surface area contributed by atoms with Crippen molar-refractivity contribution in [3.8, 4) is 0 Å². The van der Waals surface area contributed by atoms with Crippen molar-refractivity contribution in [1.29, 1.82) is 0 Å². The molecule has 0 heterocycles. The Labute approximate surface area is 99.2 Å². The molecule has 0 aromatic heterocycles. The Balaban J connectivity index is 3.74. The highest BCUT2D eigenvalue weighted by molar-refractivity contribution is 9.10. The molecule has 0 bridgehead atoms. The lowest BCUT2D eigenvalue weighted by Crippen LogP contribution is -2.39. The second kappa shape index (κ2) is 6.44. The van der Waals surface area contributed by atoms with Gasteiger partial charge in [0.05, 0.1) is 11.1 Å². The first-order valence-electron chi connectivity index (χ1n) is 4.60. The molecular formula is C8H17BrN2O3S. The van der Waals surface area contributed by atoms with Gasteiger partial charge in [-0.3, -0.25) is 4.79 Å². The summed E-state index contributed by atoms with van der Waals surface area (Å²) in [6.07, 6.45) is 1.08. The number of rotatable bonds is 6. The van der Waals surface area contributed by atoms with E-state index in [1.807, 2.05) is 13.8 Å². The van der Waals surface area contributed by atoms with E-state index in [1.165, 1.54) is 0 Å². The minimum atomic E-state index is -3.17. The molecule has 1 unspecified atom stereocenters. The summed E-state index contributed by atoms with van der Waals surface area (Å²) in [5.74, 6) is 0.0770. The van der Waals surface area contributed by atoms with Crippen molar-refractivity contribution in [2.45, 2.75) is 18.7 Å². The van der Waals surface area contributed by atoms with Crippen molar-refractivity contribution >= 4 is 31.9 Å². The largest absolute Gasteiger partial charge is 0.354 e. The molecular weight excluding hydrogens is 284 g/mol. The first kappa shape index (κ1) is 14.9. The van der Waals surface area contributed by atoms with E-state index in [0.717, 1.165) is 6.26 Å². The maximum atomic E-state index is 11.4. The fraction of sp³-hybridized carbons (Fsp3) is 0.875. The average molecular weight is 301 g/mol. The van der Waals surface area contributed by atoms with Gasteiger partial charge in [-0.15, -0.1) is 0 Å². The Hall–Kier alpha value is -0.140. The van der Waals surface area contributed by atoms with E-state index in [-0.39, 0.29) is 23.2 Å². The molecule has 0 aliphatic heterocycles. The molecule has 1 atom stereocenters. The zero-order chi connectivity index (χ0) is 12.1. The average Bonchev–Trinajstić information content (AvgIpc) is 2.09. The third-order valence-electron chi connectivity index (χ3n) is 1.62. The first-order chi connectivity index (χ1) is 6.74. The van der Waals surface area contributed by atoms with Crippen LogP contribution >= 0.6 is 15.9 Å². The van der Waals surface area contributed by atoms with Gasteiger partial charge >= 0.3 is 0 Å². The SMILES string of the molecule is CC(C)C(Br)C(=O)NCCNS(C)(=O)=O. The Morgan fingerprint density at radius 3 is 2.27 bits per heavy atom. The maximum Gasteiger partial charge on any atom is 0.234 e. The first-order valence-corrected chi connectivity index (χ1v) is 7.41. The van der Waals surface area contributed by atoms with Gasteiger partial charge in [-0.05, 0) is 5.92 Å². The number of sulfonamides is 1. The van der Waals surface area contributed by atoms with Crippen LogP contribution in [0, 0.1) is 5.92 Å². The molecule has 0 rings (SSSR count). The molecule has 2 N–H and O–H groups in total. The molecule has 5 nitrogen and oxygen atoms in total. The van der Waals surface area contributed by atoms with E-state index in [2.05, 4.69) is 26.0 Å². The maximum absolute atomic E-state index is 11.4. The zero-order valence-electron chi connectivity index (χ0n) is 9.08. The molecule has 0 saturated heterocycles. The Morgan fingerprint density at radius 2 is 1.87 bits per heavy atom. The lowest BCUT2D eigenvalue weighted by Gasteiger charge is -2.13. The molecule has 0 aromatic rings. The summed E-state index contributed by atoms with van der Waals surface area (Å²) in [6.45, 7) is 4.35. The molecule has 7 heteroatoms. The number of hydrogen-bond acceptors (Lipinski definition) is 3. The lowest BCUT2D eigenvalue weighted by molar-refractivity contribution is -0.121. The van der Waals surface area contributed by atoms with Crippen LogP contribution in [-0.2, 0) is 14.8 Å². The van der Waals surface area contributed by atoms with Crippen LogP contribution in [0.15, 0.2) is 0 Å². The Morgan fingerprint density at radius 1 is 1.33 bits per heavy atom. The van der Waals surface area contributed by atoms with E-state index < -0.39 is 10.0 Å². The second-order valence-electron chi connectivity index (χ2n) is 3.60. The van der Waals surface area contributed by atoms with Gasteiger partial charge in [-0.25, -0.2) is 13.1 Å². The van der Waals surface area contributed by atoms with Crippen molar-refractivity contribution in [2.75, 3.05) is 19.3 Å². The molecule has 0 radical (unpaired) electrons. The van der Waals surface area contributed by atoms with E-state index in [4.69, 9.17) is 0 Å². The third-order valence-corrected chi connectivity index (χ3v) is 3.83. The van der Waals surface area contributed by atoms with Crippen LogP contribution in [0.25, 0.3) is 0 Å². The summed E-state index contributed by atoms with van der Waals surface area (Å²) in [7, 11) is -3.17. The van der Waals surface area contributed by atoms with Gasteiger partial charge in [0, 0.05) is 13.1 Å². The van der Waals surface area contributed by atoms with Gasteiger partial charge in [0.2, 0.25) is 15.9 Å². The topological polar surface area (TPSA) is 75.3 Å². The highest BCUT2D eigenvalue weighted by atomic mass is 79.9. The molecule has 0 fully saturated rings. The van der Waals surface area contributed by atoms with Gasteiger partial charge < -0.3 is 5.32 Å². The highest BCUT2D eigenvalue weighted by Crippen LogP contribution is 2.11. The number of amides is 1. The van der Waals surface area contributed by atoms with Crippen LogP contribution in [-0.4, -0.2) is 38.5 Å². The second-order valence-corrected chi connectivity index (χ2v) is 6.42. The van der Waals surface area contributed by atoms with Crippen molar-refractivity contribution in [1.82, 2.24) is 10.0 Å². The summed E-state index contributed by atoms with van der Waals surface area (Å²) in [5.41, 5.74) is 0. The number of hydrogen-bond donors (Lipinski definition) is 2. The summed E-state index contributed by atoms with van der Waals surface area (Å²) < 4.78 is 23.7. The van der Waals surface area contributed by atoms with Crippen molar-refractivity contribution in [2.24, 2.45) is 5.92 Å². The summed E-state index contributed by atoms with van der Waals surface area (Å²) in [6, 6.07) is 0. The van der Waals surface area contributed by atoms with Crippen LogP contribution in [0.2, 0.25) is 0 Å². The number of nitrogens with one attached hydrogen (secondary N) is 2. The molecule has 15 heavy (non-hydrogen) atoms. The van der Waals surface area contributed by atoms with Crippen molar-refractivity contribution in [3.05, 3.63) is 0 Å². The predicted octanol–water partition coefficient (Wildman–Crippen LogP) is 0.0713. The zero-order valence-corrected chi connectivity index (χ0v) is 11.5. The smallest absolute Gasteiger partial charge is 0.234 e. The van der Waals surface area contributed by atoms with Crippen LogP contribution in [0.3, 0.4) is 0 Å². The summed E-state index contributed by atoms with van der Waals surface area (Å²) in [5, 5.41) is 2.62. The standard InChI is InChI=1S/C8H17BrN2O3S/c1-6(2)7(9)8(12)10-4-5-11-15(3,13)14/h6-7,11H,4-5H2,1-3H3,(H,10,12). The highest BCUT2D eigenvalue weighted by Gasteiger charge is 2.17. The molecule has 0 aromatic carbocycles. The van der Waals surface area contributed by atoms with E-state index in [0.29, 0.717) is 6.54 Å². The van der Waals surface area contributed by atoms with Gasteiger partial charge in [0.25, 0.3) is 0 Å². The molecule has 0 aliphatic rings. The van der Waals surface area contributed by atoms with Crippen LogP contribution in [0.4, 0.5) is 0 Å². The van der Waals surface area contributed by atoms with Gasteiger partial charge in [-0.2, -0.15) is 0 Å². The molecule has 0 aliphatic carbocycles. The molecule has 90 valence electrons. The van der Waals surface area contributed by atoms with E-state index >= 15 is 0 Å². The number of carbonyl (C=O) groups is 1.